The Bertz CT molecular complexity index is 1360. The van der Waals surface area contributed by atoms with Crippen molar-refractivity contribution in [3.63, 3.8) is 0 Å². The monoisotopic (exact) mass is 503 g/mol. The molecule has 3 saturated heterocycles. The number of anilines is 1. The summed E-state index contributed by atoms with van der Waals surface area (Å²) in [5.41, 5.74) is 1.17. The van der Waals surface area contributed by atoms with Crippen LogP contribution in [0.4, 0.5) is 10.7 Å². The summed E-state index contributed by atoms with van der Waals surface area (Å²) in [5, 5.41) is 1.83. The van der Waals surface area contributed by atoms with E-state index in [1.807, 2.05) is 40.1 Å². The lowest BCUT2D eigenvalue weighted by Gasteiger charge is -2.60. The van der Waals surface area contributed by atoms with Crippen LogP contribution in [0.5, 0.6) is 5.88 Å². The van der Waals surface area contributed by atoms with Crippen LogP contribution in [0.1, 0.15) is 21.8 Å². The quantitative estimate of drug-likeness (QED) is 0.507. The first-order chi connectivity index (χ1) is 17.5. The topological polar surface area (TPSA) is 118 Å². The highest BCUT2D eigenvalue weighted by molar-refractivity contribution is 8.18. The van der Waals surface area contributed by atoms with Crippen molar-refractivity contribution in [3.05, 3.63) is 76.7 Å². The molecule has 0 radical (unpaired) electrons. The molecule has 2 aromatic heterocycles. The highest BCUT2D eigenvalue weighted by atomic mass is 32.2. The van der Waals surface area contributed by atoms with Crippen LogP contribution in [-0.2, 0) is 11.4 Å². The fraction of sp³-hybridized carbons (Fsp3) is 0.240. The van der Waals surface area contributed by atoms with Crippen LogP contribution >= 0.6 is 11.8 Å². The van der Waals surface area contributed by atoms with E-state index in [4.69, 9.17) is 9.15 Å². The summed E-state index contributed by atoms with van der Waals surface area (Å²) in [4.78, 5) is 49.5. The van der Waals surface area contributed by atoms with Crippen molar-refractivity contribution in [2.75, 3.05) is 31.1 Å². The molecule has 11 heteroatoms. The number of rotatable bonds is 6. The van der Waals surface area contributed by atoms with Crippen molar-refractivity contribution in [2.24, 2.45) is 5.41 Å². The maximum Gasteiger partial charge on any atom is 0.290 e. The number of hydrogen-bond donors (Lipinski definition) is 1. The predicted octanol–water partition coefficient (Wildman–Crippen LogP) is 2.93. The lowest BCUT2D eigenvalue weighted by Crippen LogP contribution is -2.73. The number of benzene rings is 1. The Morgan fingerprint density at radius 1 is 1.11 bits per heavy atom. The lowest BCUT2D eigenvalue weighted by molar-refractivity contribution is -0.115. The zero-order valence-electron chi connectivity index (χ0n) is 19.0. The number of carbonyl (C=O) groups is 3. The Morgan fingerprint density at radius 2 is 1.92 bits per heavy atom. The van der Waals surface area contributed by atoms with Gasteiger partial charge in [-0.3, -0.25) is 19.7 Å². The summed E-state index contributed by atoms with van der Waals surface area (Å²) >= 11 is 0.828. The number of ether oxygens (including phenoxy) is 1. The summed E-state index contributed by atoms with van der Waals surface area (Å²) in [6.45, 7) is 2.96. The number of thioether (sulfide) groups is 1. The van der Waals surface area contributed by atoms with E-state index < -0.39 is 11.1 Å². The third kappa shape index (κ3) is 4.33. The molecule has 10 nitrogen and oxygen atoms in total. The Balaban J connectivity index is 1.17. The van der Waals surface area contributed by atoms with Gasteiger partial charge < -0.3 is 19.0 Å². The second-order valence-corrected chi connectivity index (χ2v) is 10.0. The molecule has 3 aliphatic rings. The van der Waals surface area contributed by atoms with Crippen molar-refractivity contribution in [3.8, 4) is 5.88 Å². The number of nitrogens with one attached hydrogen (secondary N) is 1. The molecule has 3 aromatic rings. The highest BCUT2D eigenvalue weighted by Gasteiger charge is 2.54. The first-order valence-electron chi connectivity index (χ1n) is 11.3. The summed E-state index contributed by atoms with van der Waals surface area (Å²) in [6, 6.07) is 14.5. The van der Waals surface area contributed by atoms with Gasteiger partial charge in [-0.15, -0.1) is 0 Å². The number of imide groups is 1. The predicted molar refractivity (Wildman–Crippen MR) is 131 cm³/mol. The molecule has 1 spiro atoms. The highest BCUT2D eigenvalue weighted by Crippen LogP contribution is 2.42. The van der Waals surface area contributed by atoms with Crippen LogP contribution in [0, 0.1) is 5.41 Å². The van der Waals surface area contributed by atoms with Gasteiger partial charge in [0.25, 0.3) is 17.1 Å². The number of carbonyl (C=O) groups excluding carboxylic acids is 3. The number of nitrogens with zero attached hydrogens (tertiary/aromatic N) is 4. The minimum Gasteiger partial charge on any atom is -0.469 e. The van der Waals surface area contributed by atoms with E-state index in [9.17, 15) is 14.4 Å². The molecule has 0 bridgehead atoms. The average molecular weight is 504 g/mol. The first kappa shape index (κ1) is 22.4. The van der Waals surface area contributed by atoms with Gasteiger partial charge in [0.05, 0.1) is 16.9 Å². The van der Waals surface area contributed by atoms with E-state index >= 15 is 0 Å². The number of furan rings is 1. The number of amides is 3. The van der Waals surface area contributed by atoms with Crippen molar-refractivity contribution in [1.82, 2.24) is 20.2 Å². The average Bonchev–Trinajstić information content (AvgIpc) is 3.45. The molecule has 0 atom stereocenters. The third-order valence-corrected chi connectivity index (χ3v) is 7.08. The minimum absolute atomic E-state index is 0.0189. The molecular formula is C25H21N5O5S. The molecule has 1 aromatic carbocycles. The van der Waals surface area contributed by atoms with Gasteiger partial charge in [0, 0.05) is 43.2 Å². The van der Waals surface area contributed by atoms with Crippen LogP contribution in [0.3, 0.4) is 0 Å². The van der Waals surface area contributed by atoms with Crippen LogP contribution in [0.15, 0.2) is 64.1 Å². The second kappa shape index (κ2) is 8.83. The molecule has 182 valence electrons. The lowest BCUT2D eigenvalue weighted by atomic mass is 9.72. The van der Waals surface area contributed by atoms with Gasteiger partial charge >= 0.3 is 0 Å². The van der Waals surface area contributed by atoms with Gasteiger partial charge in [0.2, 0.25) is 11.8 Å². The molecule has 3 fully saturated rings. The molecule has 5 heterocycles. The van der Waals surface area contributed by atoms with E-state index in [1.165, 1.54) is 0 Å². The Labute approximate surface area is 210 Å². The van der Waals surface area contributed by atoms with Gasteiger partial charge in [0.15, 0.2) is 0 Å². The van der Waals surface area contributed by atoms with E-state index in [-0.39, 0.29) is 22.8 Å². The zero-order valence-corrected chi connectivity index (χ0v) is 19.9. The standard InChI is InChI=1S/C25H21N5O5S/c31-21-19(36-24(33)28-21)9-17-10-20(35-11-18-7-4-8-34-18)27-23(26-17)30-14-25(15-30)12-29(13-25)22(32)16-5-2-1-3-6-16/h1-10H,11-15H2,(H,28,31,33)/b19-9+. The van der Waals surface area contributed by atoms with E-state index in [0.29, 0.717) is 55.0 Å². The van der Waals surface area contributed by atoms with Crippen LogP contribution in [0.2, 0.25) is 0 Å². The van der Waals surface area contributed by atoms with Crippen molar-refractivity contribution in [1.29, 1.82) is 0 Å². The fourth-order valence-corrected chi connectivity index (χ4v) is 5.26. The normalized spacial score (nSPS) is 19.3. The molecule has 6 rings (SSSR count). The van der Waals surface area contributed by atoms with Crippen molar-refractivity contribution < 1.29 is 23.5 Å². The maximum absolute atomic E-state index is 12.7. The molecule has 0 saturated carbocycles. The van der Waals surface area contributed by atoms with Gasteiger partial charge in [-0.05, 0) is 42.1 Å². The molecule has 3 amide bonds. The Kier molecular flexibility index (Phi) is 5.48. The van der Waals surface area contributed by atoms with Crippen molar-refractivity contribution in [2.45, 2.75) is 6.61 Å². The summed E-state index contributed by atoms with van der Waals surface area (Å²) in [7, 11) is 0. The summed E-state index contributed by atoms with van der Waals surface area (Å²) in [5.74, 6) is 1.02. The van der Waals surface area contributed by atoms with Crippen LogP contribution in [-0.4, -0.2) is 58.1 Å². The molecule has 0 unspecified atom stereocenters. The number of likely N-dealkylation sites (tertiary alicyclic amines) is 1. The number of aromatic nitrogens is 2. The van der Waals surface area contributed by atoms with Gasteiger partial charge in [-0.1, -0.05) is 18.2 Å². The van der Waals surface area contributed by atoms with E-state index in [2.05, 4.69) is 15.3 Å². The minimum atomic E-state index is -0.455. The molecule has 3 aliphatic heterocycles. The van der Waals surface area contributed by atoms with Crippen LogP contribution < -0.4 is 15.0 Å². The van der Waals surface area contributed by atoms with Crippen LogP contribution in [0.25, 0.3) is 6.08 Å². The van der Waals surface area contributed by atoms with E-state index in [0.717, 1.165) is 11.8 Å². The molecule has 1 N–H and O–H groups in total. The third-order valence-electron chi connectivity index (χ3n) is 6.27. The molecule has 36 heavy (non-hydrogen) atoms. The van der Waals surface area contributed by atoms with Crippen molar-refractivity contribution >= 4 is 40.8 Å². The Morgan fingerprint density at radius 3 is 2.61 bits per heavy atom. The fourth-order valence-electron chi connectivity index (χ4n) is 4.59. The SMILES string of the molecule is O=C1NC(=O)/C(=C\c2cc(OCc3ccco3)nc(N3CC4(CN(C(=O)c5ccccc5)C4)C3)n2)S1. The largest absolute Gasteiger partial charge is 0.469 e. The Hall–Kier alpha value is -4.12. The second-order valence-electron chi connectivity index (χ2n) is 9.03. The summed E-state index contributed by atoms with van der Waals surface area (Å²) in [6.07, 6.45) is 3.12. The zero-order chi connectivity index (χ0) is 24.7. The maximum atomic E-state index is 12.7. The smallest absolute Gasteiger partial charge is 0.290 e. The van der Waals surface area contributed by atoms with E-state index in [1.54, 1.807) is 30.5 Å². The van der Waals surface area contributed by atoms with Gasteiger partial charge in [0.1, 0.15) is 12.4 Å². The van der Waals surface area contributed by atoms with Gasteiger partial charge in [-0.2, -0.15) is 4.98 Å². The molecular weight excluding hydrogens is 482 g/mol. The molecule has 0 aliphatic carbocycles. The first-order valence-corrected chi connectivity index (χ1v) is 12.2. The number of hydrogen-bond acceptors (Lipinski definition) is 9. The van der Waals surface area contributed by atoms with Gasteiger partial charge in [-0.25, -0.2) is 4.98 Å². The summed E-state index contributed by atoms with van der Waals surface area (Å²) < 4.78 is 11.1.